The summed E-state index contributed by atoms with van der Waals surface area (Å²) < 4.78 is 4.79. The van der Waals surface area contributed by atoms with Gasteiger partial charge in [-0.1, -0.05) is 30.3 Å². The zero-order chi connectivity index (χ0) is 17.4. The van der Waals surface area contributed by atoms with Gasteiger partial charge in [0.1, 0.15) is 0 Å². The summed E-state index contributed by atoms with van der Waals surface area (Å²) in [5.74, 6) is -0.0835. The molecule has 5 heteroatoms. The Hall–Kier alpha value is -1.88. The second-order valence-corrected chi connectivity index (χ2v) is 6.57. The Morgan fingerprint density at radius 1 is 1.25 bits per heavy atom. The number of methoxy groups -OCH3 is 1. The highest BCUT2D eigenvalue weighted by Crippen LogP contribution is 2.18. The van der Waals surface area contributed by atoms with E-state index in [4.69, 9.17) is 4.74 Å². The monoisotopic (exact) mass is 332 g/mol. The van der Waals surface area contributed by atoms with E-state index in [2.05, 4.69) is 22.3 Å². The van der Waals surface area contributed by atoms with E-state index in [1.807, 2.05) is 25.1 Å². The zero-order valence-electron chi connectivity index (χ0n) is 14.7. The predicted molar refractivity (Wildman–Crippen MR) is 93.5 cm³/mol. The van der Waals surface area contributed by atoms with Crippen molar-refractivity contribution in [2.75, 3.05) is 26.7 Å². The molecule has 1 fully saturated rings. The molecule has 1 aliphatic rings. The van der Waals surface area contributed by atoms with E-state index in [0.29, 0.717) is 6.54 Å². The quantitative estimate of drug-likeness (QED) is 0.776. The van der Waals surface area contributed by atoms with Crippen molar-refractivity contribution in [2.45, 2.75) is 38.6 Å². The number of hydrogen-bond donors (Lipinski definition) is 1. The third-order valence-corrected chi connectivity index (χ3v) is 4.61. The number of ether oxygens (including phenoxy) is 1. The number of piperidine rings is 1. The molecule has 0 saturated carbocycles. The number of likely N-dealkylation sites (tertiary alicyclic amines) is 1. The number of amides is 1. The number of rotatable bonds is 7. The van der Waals surface area contributed by atoms with Crippen LogP contribution in [0.1, 0.15) is 31.7 Å². The number of esters is 1. The first-order chi connectivity index (χ1) is 11.6. The van der Waals surface area contributed by atoms with Gasteiger partial charge in [0, 0.05) is 6.04 Å². The Morgan fingerprint density at radius 3 is 2.54 bits per heavy atom. The largest absolute Gasteiger partial charge is 0.469 e. The second kappa shape index (κ2) is 9.42. The minimum Gasteiger partial charge on any atom is -0.469 e. The third kappa shape index (κ3) is 5.96. The Kier molecular flexibility index (Phi) is 7.25. The molecule has 1 atom stereocenters. The van der Waals surface area contributed by atoms with Gasteiger partial charge in [0.25, 0.3) is 0 Å². The van der Waals surface area contributed by atoms with Crippen LogP contribution in [0.25, 0.3) is 0 Å². The number of carbonyl (C=O) groups is 2. The Labute approximate surface area is 144 Å². The van der Waals surface area contributed by atoms with Crippen LogP contribution in [0.5, 0.6) is 0 Å². The maximum absolute atomic E-state index is 12.2. The van der Waals surface area contributed by atoms with Gasteiger partial charge < -0.3 is 10.1 Å². The second-order valence-electron chi connectivity index (χ2n) is 6.57. The van der Waals surface area contributed by atoms with Gasteiger partial charge in [-0.2, -0.15) is 0 Å². The molecule has 1 aliphatic heterocycles. The van der Waals surface area contributed by atoms with Crippen LogP contribution in [0.2, 0.25) is 0 Å². The van der Waals surface area contributed by atoms with Gasteiger partial charge in [0.15, 0.2) is 0 Å². The molecule has 1 amide bonds. The molecule has 0 radical (unpaired) electrons. The van der Waals surface area contributed by atoms with E-state index in [1.54, 1.807) is 0 Å². The predicted octanol–water partition coefficient (Wildman–Crippen LogP) is 2.01. The number of nitrogens with one attached hydrogen (secondary N) is 1. The standard InChI is InChI=1S/C19H28N2O3/c1-15(8-9-16-6-4-3-5-7-16)20-18(22)14-21-12-10-17(11-13-21)19(23)24-2/h3-7,15,17H,8-14H2,1-2H3,(H,20,22)/t15-/m0/s1. The highest BCUT2D eigenvalue weighted by molar-refractivity contribution is 5.78. The Bertz CT molecular complexity index is 525. The van der Waals surface area contributed by atoms with Crippen molar-refractivity contribution < 1.29 is 14.3 Å². The highest BCUT2D eigenvalue weighted by atomic mass is 16.5. The summed E-state index contributed by atoms with van der Waals surface area (Å²) >= 11 is 0. The summed E-state index contributed by atoms with van der Waals surface area (Å²) in [6.07, 6.45) is 3.43. The van der Waals surface area contributed by atoms with Crippen molar-refractivity contribution in [2.24, 2.45) is 5.92 Å². The van der Waals surface area contributed by atoms with E-state index in [9.17, 15) is 9.59 Å². The van der Waals surface area contributed by atoms with Gasteiger partial charge in [-0.15, -0.1) is 0 Å². The molecule has 0 unspecified atom stereocenters. The summed E-state index contributed by atoms with van der Waals surface area (Å²) in [5, 5.41) is 3.07. The topological polar surface area (TPSA) is 58.6 Å². The average Bonchev–Trinajstić information content (AvgIpc) is 2.60. The fourth-order valence-corrected chi connectivity index (χ4v) is 3.12. The molecule has 2 rings (SSSR count). The molecule has 0 bridgehead atoms. The van der Waals surface area contributed by atoms with Gasteiger partial charge >= 0.3 is 5.97 Å². The molecule has 0 aromatic heterocycles. The molecule has 132 valence electrons. The third-order valence-electron chi connectivity index (χ3n) is 4.61. The minimum absolute atomic E-state index is 0.0147. The van der Waals surface area contributed by atoms with Crippen molar-refractivity contribution in [3.8, 4) is 0 Å². The molecule has 5 nitrogen and oxygen atoms in total. The van der Waals surface area contributed by atoms with Crippen molar-refractivity contribution in [1.82, 2.24) is 10.2 Å². The van der Waals surface area contributed by atoms with Crippen molar-refractivity contribution in [3.05, 3.63) is 35.9 Å². The van der Waals surface area contributed by atoms with Gasteiger partial charge in [0.2, 0.25) is 5.91 Å². The molecule has 1 heterocycles. The summed E-state index contributed by atoms with van der Waals surface area (Å²) in [5.41, 5.74) is 1.29. The Balaban J connectivity index is 1.65. The lowest BCUT2D eigenvalue weighted by atomic mass is 9.97. The fraction of sp³-hybridized carbons (Fsp3) is 0.579. The van der Waals surface area contributed by atoms with Crippen LogP contribution in [-0.4, -0.2) is 49.6 Å². The first-order valence-electron chi connectivity index (χ1n) is 8.72. The van der Waals surface area contributed by atoms with Crippen LogP contribution >= 0.6 is 0 Å². The molecular weight excluding hydrogens is 304 g/mol. The molecule has 0 aliphatic carbocycles. The van der Waals surface area contributed by atoms with E-state index in [0.717, 1.165) is 38.8 Å². The van der Waals surface area contributed by atoms with E-state index >= 15 is 0 Å². The molecule has 1 aromatic carbocycles. The highest BCUT2D eigenvalue weighted by Gasteiger charge is 2.26. The lowest BCUT2D eigenvalue weighted by Gasteiger charge is -2.30. The lowest BCUT2D eigenvalue weighted by Crippen LogP contribution is -2.44. The van der Waals surface area contributed by atoms with Crippen LogP contribution in [-0.2, 0) is 20.7 Å². The van der Waals surface area contributed by atoms with Crippen LogP contribution < -0.4 is 5.32 Å². The van der Waals surface area contributed by atoms with Crippen LogP contribution in [0.15, 0.2) is 30.3 Å². The normalized spacial score (nSPS) is 17.2. The smallest absolute Gasteiger partial charge is 0.308 e. The number of benzene rings is 1. The van der Waals surface area contributed by atoms with Crippen molar-refractivity contribution >= 4 is 11.9 Å². The van der Waals surface area contributed by atoms with Crippen molar-refractivity contribution in [1.29, 1.82) is 0 Å². The fourth-order valence-electron chi connectivity index (χ4n) is 3.12. The summed E-state index contributed by atoms with van der Waals surface area (Å²) in [6.45, 7) is 3.99. The van der Waals surface area contributed by atoms with Crippen LogP contribution in [0.3, 0.4) is 0 Å². The maximum atomic E-state index is 12.2. The lowest BCUT2D eigenvalue weighted by molar-refractivity contribution is -0.147. The molecular formula is C19H28N2O3. The summed E-state index contributed by atoms with van der Waals surface area (Å²) in [4.78, 5) is 25.8. The average molecular weight is 332 g/mol. The van der Waals surface area contributed by atoms with Gasteiger partial charge in [-0.25, -0.2) is 0 Å². The molecule has 1 saturated heterocycles. The molecule has 1 aromatic rings. The van der Waals surface area contributed by atoms with Crippen LogP contribution in [0, 0.1) is 5.92 Å². The first-order valence-corrected chi connectivity index (χ1v) is 8.72. The summed E-state index contributed by atoms with van der Waals surface area (Å²) in [7, 11) is 1.43. The van der Waals surface area contributed by atoms with E-state index < -0.39 is 0 Å². The van der Waals surface area contributed by atoms with Gasteiger partial charge in [-0.3, -0.25) is 14.5 Å². The summed E-state index contributed by atoms with van der Waals surface area (Å²) in [6, 6.07) is 10.5. The number of carbonyl (C=O) groups excluding carboxylic acids is 2. The van der Waals surface area contributed by atoms with Gasteiger partial charge in [0.05, 0.1) is 19.6 Å². The van der Waals surface area contributed by atoms with Crippen molar-refractivity contribution in [3.63, 3.8) is 0 Å². The zero-order valence-corrected chi connectivity index (χ0v) is 14.7. The number of aryl methyl sites for hydroxylation is 1. The van der Waals surface area contributed by atoms with Crippen LogP contribution in [0.4, 0.5) is 0 Å². The van der Waals surface area contributed by atoms with Gasteiger partial charge in [-0.05, 0) is 51.3 Å². The minimum atomic E-state index is -0.131. The van der Waals surface area contributed by atoms with E-state index in [1.165, 1.54) is 12.7 Å². The molecule has 1 N–H and O–H groups in total. The number of hydrogen-bond acceptors (Lipinski definition) is 4. The Morgan fingerprint density at radius 2 is 1.92 bits per heavy atom. The first kappa shape index (κ1) is 18.5. The molecule has 0 spiro atoms. The SMILES string of the molecule is COC(=O)C1CCN(CC(=O)N[C@@H](C)CCc2ccccc2)CC1. The van der Waals surface area contributed by atoms with E-state index in [-0.39, 0.29) is 23.8 Å². The number of nitrogens with zero attached hydrogens (tertiary/aromatic N) is 1. The molecule has 24 heavy (non-hydrogen) atoms. The maximum Gasteiger partial charge on any atom is 0.308 e.